The van der Waals surface area contributed by atoms with Crippen molar-refractivity contribution in [3.05, 3.63) is 35.9 Å². The Morgan fingerprint density at radius 1 is 1.11 bits per heavy atom. The average molecular weight is 413 g/mol. The lowest BCUT2D eigenvalue weighted by molar-refractivity contribution is -0.128. The molecule has 0 aromatic heterocycles. The molecule has 2 aliphatic carbocycles. The second kappa shape index (κ2) is 7.20. The SMILES string of the molecule is CCS(CC)(Cc1ccccc1)OS(=O)(=O)CC12CCC(CC1=O)C2(C)C. The Morgan fingerprint density at radius 2 is 1.74 bits per heavy atom. The Labute approximate surface area is 165 Å². The number of benzene rings is 1. The average Bonchev–Trinajstić information content (AvgIpc) is 2.95. The molecule has 0 heterocycles. The summed E-state index contributed by atoms with van der Waals surface area (Å²) in [6, 6.07) is 9.94. The van der Waals surface area contributed by atoms with Crippen LogP contribution in [-0.4, -0.2) is 31.5 Å². The third kappa shape index (κ3) is 3.60. The molecular weight excluding hydrogens is 380 g/mol. The highest BCUT2D eigenvalue weighted by atomic mass is 32.3. The van der Waals surface area contributed by atoms with Crippen LogP contribution in [0.25, 0.3) is 0 Å². The lowest BCUT2D eigenvalue weighted by Crippen LogP contribution is -2.42. The van der Waals surface area contributed by atoms with E-state index in [0.717, 1.165) is 12.0 Å². The van der Waals surface area contributed by atoms with Gasteiger partial charge in [0.1, 0.15) is 5.78 Å². The first-order valence-corrected chi connectivity index (χ1v) is 13.5. The normalized spacial score (nSPS) is 27.9. The van der Waals surface area contributed by atoms with Gasteiger partial charge in [0.25, 0.3) is 10.1 Å². The van der Waals surface area contributed by atoms with Crippen molar-refractivity contribution in [1.82, 2.24) is 0 Å². The monoisotopic (exact) mass is 412 g/mol. The van der Waals surface area contributed by atoms with Crippen molar-refractivity contribution < 1.29 is 16.8 Å². The van der Waals surface area contributed by atoms with Gasteiger partial charge in [-0.1, -0.05) is 58.0 Å². The van der Waals surface area contributed by atoms with Gasteiger partial charge in [-0.2, -0.15) is 8.42 Å². The maximum Gasteiger partial charge on any atom is 0.277 e. The highest BCUT2D eigenvalue weighted by Gasteiger charge is 2.65. The number of ketones is 1. The zero-order chi connectivity index (χ0) is 19.9. The zero-order valence-electron chi connectivity index (χ0n) is 16.9. The van der Waals surface area contributed by atoms with Gasteiger partial charge >= 0.3 is 0 Å². The van der Waals surface area contributed by atoms with E-state index in [2.05, 4.69) is 13.8 Å². The summed E-state index contributed by atoms with van der Waals surface area (Å²) in [5.74, 6) is 2.26. The van der Waals surface area contributed by atoms with E-state index in [0.29, 0.717) is 36.0 Å². The number of fused-ring (bicyclic) bond motifs is 2. The van der Waals surface area contributed by atoms with Gasteiger partial charge in [0, 0.05) is 12.2 Å². The van der Waals surface area contributed by atoms with Crippen LogP contribution in [0.15, 0.2) is 30.3 Å². The van der Waals surface area contributed by atoms with Gasteiger partial charge in [0.05, 0.1) is 11.2 Å². The standard InChI is InChI=1S/C21H32O4S2/c1-5-26(6-2,15-17-10-8-7-9-11-17)25-27(23,24)16-21-13-12-18(14-19(21)22)20(21,3)4/h7-11,18H,5-6,12-16H2,1-4H3. The minimum atomic E-state index is -3.80. The Hall–Kier alpha value is -0.850. The van der Waals surface area contributed by atoms with Gasteiger partial charge in [-0.15, -0.1) is 10.3 Å². The molecule has 2 fully saturated rings. The van der Waals surface area contributed by atoms with Crippen molar-refractivity contribution in [2.24, 2.45) is 16.7 Å². The topological polar surface area (TPSA) is 60.4 Å². The second-order valence-electron chi connectivity index (χ2n) is 8.61. The van der Waals surface area contributed by atoms with E-state index in [4.69, 9.17) is 3.63 Å². The van der Waals surface area contributed by atoms with Crippen molar-refractivity contribution in [2.75, 3.05) is 17.3 Å². The summed E-state index contributed by atoms with van der Waals surface area (Å²) in [6.45, 7) is 8.14. The Morgan fingerprint density at radius 3 is 2.22 bits per heavy atom. The van der Waals surface area contributed by atoms with Gasteiger partial charge in [0.2, 0.25) is 0 Å². The van der Waals surface area contributed by atoms with Crippen molar-refractivity contribution in [3.63, 3.8) is 0 Å². The highest BCUT2D eigenvalue weighted by Crippen LogP contribution is 2.65. The molecule has 2 bridgehead atoms. The van der Waals surface area contributed by atoms with E-state index < -0.39 is 25.8 Å². The van der Waals surface area contributed by atoms with Crippen LogP contribution in [0.5, 0.6) is 0 Å². The van der Waals surface area contributed by atoms with E-state index in [1.807, 2.05) is 44.2 Å². The predicted octanol–water partition coefficient (Wildman–Crippen LogP) is 4.69. The number of hydrogen-bond acceptors (Lipinski definition) is 4. The number of Topliss-reactive ketones (excluding diaryl/α,β-unsaturated/α-hetero) is 1. The minimum Gasteiger partial charge on any atom is -0.299 e. The van der Waals surface area contributed by atoms with Crippen LogP contribution in [0.1, 0.15) is 52.5 Å². The van der Waals surface area contributed by atoms with Crippen molar-refractivity contribution >= 4 is 26.2 Å². The number of hydrogen-bond donors (Lipinski definition) is 0. The Balaban J connectivity index is 1.84. The smallest absolute Gasteiger partial charge is 0.277 e. The molecule has 0 aliphatic heterocycles. The summed E-state index contributed by atoms with van der Waals surface area (Å²) in [5.41, 5.74) is 0.0643. The van der Waals surface area contributed by atoms with E-state index in [-0.39, 0.29) is 17.0 Å². The molecule has 0 spiro atoms. The Kier molecular flexibility index (Phi) is 5.56. The lowest BCUT2D eigenvalue weighted by atomic mass is 9.70. The molecule has 0 radical (unpaired) electrons. The molecule has 3 rings (SSSR count). The predicted molar refractivity (Wildman–Crippen MR) is 112 cm³/mol. The van der Waals surface area contributed by atoms with Crippen LogP contribution >= 0.6 is 10.3 Å². The lowest BCUT2D eigenvalue weighted by Gasteiger charge is -2.40. The van der Waals surface area contributed by atoms with E-state index in [1.165, 1.54) is 0 Å². The minimum absolute atomic E-state index is 0.118. The number of rotatable bonds is 8. The van der Waals surface area contributed by atoms with Gasteiger partial charge in [-0.25, -0.2) is 3.63 Å². The molecule has 0 N–H and O–H groups in total. The van der Waals surface area contributed by atoms with Gasteiger partial charge in [0.15, 0.2) is 0 Å². The molecular formula is C21H32O4S2. The molecule has 1 aromatic carbocycles. The van der Waals surface area contributed by atoms with Crippen LogP contribution in [0, 0.1) is 16.7 Å². The molecule has 2 saturated carbocycles. The van der Waals surface area contributed by atoms with E-state index in [1.54, 1.807) is 0 Å². The van der Waals surface area contributed by atoms with E-state index in [9.17, 15) is 13.2 Å². The quantitative estimate of drug-likeness (QED) is 0.621. The fourth-order valence-corrected chi connectivity index (χ4v) is 10.9. The maximum atomic E-state index is 13.2. The number of carbonyl (C=O) groups is 1. The fraction of sp³-hybridized carbons (Fsp3) is 0.667. The second-order valence-corrected chi connectivity index (χ2v) is 13.9. The van der Waals surface area contributed by atoms with E-state index >= 15 is 0 Å². The largest absolute Gasteiger partial charge is 0.299 e. The van der Waals surface area contributed by atoms with Gasteiger partial charge in [-0.05, 0) is 41.2 Å². The van der Waals surface area contributed by atoms with Gasteiger partial charge in [-0.3, -0.25) is 4.79 Å². The molecule has 2 unspecified atom stereocenters. The molecule has 0 amide bonds. The van der Waals surface area contributed by atoms with Crippen LogP contribution < -0.4 is 0 Å². The summed E-state index contributed by atoms with van der Waals surface area (Å²) >= 11 is 0. The summed E-state index contributed by atoms with van der Waals surface area (Å²) in [5, 5.41) is 0. The van der Waals surface area contributed by atoms with Crippen LogP contribution in [0.3, 0.4) is 0 Å². The summed E-state index contributed by atoms with van der Waals surface area (Å²) < 4.78 is 32.3. The van der Waals surface area contributed by atoms with Crippen molar-refractivity contribution in [2.45, 2.75) is 52.7 Å². The molecule has 2 aliphatic rings. The zero-order valence-corrected chi connectivity index (χ0v) is 18.5. The summed E-state index contributed by atoms with van der Waals surface area (Å²) in [4.78, 5) is 12.7. The van der Waals surface area contributed by atoms with Crippen LogP contribution in [-0.2, 0) is 24.3 Å². The van der Waals surface area contributed by atoms with Crippen molar-refractivity contribution in [3.8, 4) is 0 Å². The fourth-order valence-electron chi connectivity index (χ4n) is 5.06. The summed E-state index contributed by atoms with van der Waals surface area (Å²) in [6.07, 6.45) is 2.13. The molecule has 1 aromatic rings. The highest BCUT2D eigenvalue weighted by molar-refractivity contribution is 8.32. The first kappa shape index (κ1) is 20.9. The first-order chi connectivity index (χ1) is 12.6. The number of carbonyl (C=O) groups excluding carboxylic acids is 1. The molecule has 27 heavy (non-hydrogen) atoms. The van der Waals surface area contributed by atoms with Gasteiger partial charge < -0.3 is 0 Å². The molecule has 6 heteroatoms. The van der Waals surface area contributed by atoms with Crippen molar-refractivity contribution in [1.29, 1.82) is 0 Å². The molecule has 4 nitrogen and oxygen atoms in total. The molecule has 0 saturated heterocycles. The summed E-state index contributed by atoms with van der Waals surface area (Å²) in [7, 11) is -5.60. The Bertz CT molecular complexity index is 797. The molecule has 2 atom stereocenters. The maximum absolute atomic E-state index is 13.2. The third-order valence-corrected chi connectivity index (χ3v) is 12.9. The van der Waals surface area contributed by atoms with Crippen LogP contribution in [0.2, 0.25) is 0 Å². The first-order valence-electron chi connectivity index (χ1n) is 9.87. The molecule has 152 valence electrons. The third-order valence-electron chi connectivity index (χ3n) is 7.14. The van der Waals surface area contributed by atoms with Crippen LogP contribution in [0.4, 0.5) is 0 Å².